The van der Waals surface area contributed by atoms with Crippen molar-refractivity contribution in [2.45, 2.75) is 38.8 Å². The summed E-state index contributed by atoms with van der Waals surface area (Å²) in [6.07, 6.45) is 2.40. The van der Waals surface area contributed by atoms with E-state index in [1.165, 1.54) is 6.07 Å². The zero-order valence-corrected chi connectivity index (χ0v) is 11.6. The smallest absolute Gasteiger partial charge is 0.226 e. The predicted molar refractivity (Wildman–Crippen MR) is 72.8 cm³/mol. The number of amides is 1. The number of rotatable bonds is 4. The van der Waals surface area contributed by atoms with Crippen molar-refractivity contribution in [1.29, 1.82) is 0 Å². The Kier molecular flexibility index (Phi) is 4.70. The summed E-state index contributed by atoms with van der Waals surface area (Å²) in [4.78, 5) is 14.1. The monoisotopic (exact) mass is 282 g/mol. The molecule has 2 rings (SSSR count). The fourth-order valence-corrected chi connectivity index (χ4v) is 2.70. The van der Waals surface area contributed by atoms with E-state index in [2.05, 4.69) is 0 Å². The molecule has 2 atom stereocenters. The normalized spacial score (nSPS) is 22.0. The summed E-state index contributed by atoms with van der Waals surface area (Å²) in [6, 6.07) is 3.85. The van der Waals surface area contributed by atoms with Gasteiger partial charge in [0.05, 0.1) is 0 Å². The maximum absolute atomic E-state index is 13.2. The molecule has 1 aliphatic carbocycles. The molecule has 1 amide bonds. The van der Waals surface area contributed by atoms with Crippen LogP contribution in [0.4, 0.5) is 8.78 Å². The van der Waals surface area contributed by atoms with E-state index in [0.29, 0.717) is 25.1 Å². The van der Waals surface area contributed by atoms with E-state index in [4.69, 9.17) is 5.73 Å². The van der Waals surface area contributed by atoms with E-state index in [1.807, 2.05) is 6.92 Å². The Hall–Kier alpha value is -1.49. The van der Waals surface area contributed by atoms with Gasteiger partial charge in [-0.05, 0) is 43.9 Å². The van der Waals surface area contributed by atoms with Gasteiger partial charge in [-0.1, -0.05) is 6.07 Å². The van der Waals surface area contributed by atoms with Gasteiger partial charge in [-0.25, -0.2) is 8.78 Å². The molecule has 0 heterocycles. The summed E-state index contributed by atoms with van der Waals surface area (Å²) in [5, 5.41) is 0. The number of benzene rings is 1. The average Bonchev–Trinajstić information content (AvgIpc) is 2.86. The molecule has 0 bridgehead atoms. The van der Waals surface area contributed by atoms with Crippen LogP contribution in [0.5, 0.6) is 0 Å². The molecular weight excluding hydrogens is 262 g/mol. The van der Waals surface area contributed by atoms with Crippen molar-refractivity contribution in [3.05, 3.63) is 35.4 Å². The van der Waals surface area contributed by atoms with Gasteiger partial charge in [0.2, 0.25) is 5.91 Å². The van der Waals surface area contributed by atoms with Crippen LogP contribution in [0, 0.1) is 17.6 Å². The fourth-order valence-electron chi connectivity index (χ4n) is 2.70. The lowest BCUT2D eigenvalue weighted by atomic mass is 10.1. The Bertz CT molecular complexity index is 493. The lowest BCUT2D eigenvalue weighted by Gasteiger charge is -2.24. The van der Waals surface area contributed by atoms with Crippen LogP contribution in [0.25, 0.3) is 0 Å². The molecule has 1 saturated carbocycles. The number of nitrogens with two attached hydrogens (primary N) is 1. The number of carbonyl (C=O) groups excluding carboxylic acids is 1. The molecule has 0 radical (unpaired) electrons. The second-order valence-corrected chi connectivity index (χ2v) is 5.37. The van der Waals surface area contributed by atoms with Crippen molar-refractivity contribution in [3.63, 3.8) is 0 Å². The minimum absolute atomic E-state index is 0.0322. The Morgan fingerprint density at radius 2 is 2.10 bits per heavy atom. The molecule has 1 fully saturated rings. The highest BCUT2D eigenvalue weighted by Crippen LogP contribution is 2.26. The third kappa shape index (κ3) is 3.33. The Morgan fingerprint density at radius 1 is 1.35 bits per heavy atom. The molecule has 1 aromatic rings. The standard InChI is InChI=1S/C15H20F2N2O/c1-2-19(15(20)11-4-5-12(18)8-11)9-10-3-6-13(16)14(17)7-10/h3,6-7,11-12H,2,4-5,8-9,18H2,1H3. The molecule has 110 valence electrons. The number of hydrogen-bond acceptors (Lipinski definition) is 2. The van der Waals surface area contributed by atoms with Crippen molar-refractivity contribution >= 4 is 5.91 Å². The molecule has 0 aliphatic heterocycles. The van der Waals surface area contributed by atoms with Crippen molar-refractivity contribution < 1.29 is 13.6 Å². The second kappa shape index (κ2) is 6.31. The molecular formula is C15H20F2N2O. The summed E-state index contributed by atoms with van der Waals surface area (Å²) in [5.41, 5.74) is 6.43. The first-order chi connectivity index (χ1) is 9.51. The van der Waals surface area contributed by atoms with Crippen LogP contribution in [0.2, 0.25) is 0 Å². The Balaban J connectivity index is 2.04. The average molecular weight is 282 g/mol. The van der Waals surface area contributed by atoms with E-state index in [0.717, 1.165) is 25.0 Å². The highest BCUT2D eigenvalue weighted by Gasteiger charge is 2.30. The van der Waals surface area contributed by atoms with Crippen molar-refractivity contribution in [2.75, 3.05) is 6.54 Å². The van der Waals surface area contributed by atoms with E-state index in [-0.39, 0.29) is 17.9 Å². The first kappa shape index (κ1) is 14.9. The first-order valence-electron chi connectivity index (χ1n) is 6.99. The number of nitrogens with zero attached hydrogens (tertiary/aromatic N) is 1. The van der Waals surface area contributed by atoms with Gasteiger partial charge in [0.1, 0.15) is 0 Å². The summed E-state index contributed by atoms with van der Waals surface area (Å²) in [5.74, 6) is -1.72. The van der Waals surface area contributed by atoms with Crippen LogP contribution in [-0.4, -0.2) is 23.4 Å². The molecule has 2 unspecified atom stereocenters. The summed E-state index contributed by atoms with van der Waals surface area (Å²) >= 11 is 0. The molecule has 0 spiro atoms. The topological polar surface area (TPSA) is 46.3 Å². The van der Waals surface area contributed by atoms with Crippen LogP contribution >= 0.6 is 0 Å². The zero-order chi connectivity index (χ0) is 14.7. The molecule has 0 saturated heterocycles. The van der Waals surface area contributed by atoms with Gasteiger partial charge in [-0.2, -0.15) is 0 Å². The van der Waals surface area contributed by atoms with E-state index in [1.54, 1.807) is 4.90 Å². The lowest BCUT2D eigenvalue weighted by molar-refractivity contribution is -0.135. The summed E-state index contributed by atoms with van der Waals surface area (Å²) in [7, 11) is 0. The number of halogens is 2. The number of carbonyl (C=O) groups is 1. The van der Waals surface area contributed by atoms with Crippen molar-refractivity contribution in [3.8, 4) is 0 Å². The third-order valence-corrected chi connectivity index (χ3v) is 3.87. The van der Waals surface area contributed by atoms with E-state index < -0.39 is 11.6 Å². The van der Waals surface area contributed by atoms with Crippen LogP contribution < -0.4 is 5.73 Å². The van der Waals surface area contributed by atoms with Crippen LogP contribution in [0.3, 0.4) is 0 Å². The maximum Gasteiger partial charge on any atom is 0.226 e. The van der Waals surface area contributed by atoms with E-state index in [9.17, 15) is 13.6 Å². The molecule has 1 aliphatic rings. The summed E-state index contributed by atoms with van der Waals surface area (Å²) in [6.45, 7) is 2.73. The lowest BCUT2D eigenvalue weighted by Crippen LogP contribution is -2.35. The van der Waals surface area contributed by atoms with Crippen LogP contribution in [0.1, 0.15) is 31.7 Å². The molecule has 0 aromatic heterocycles. The number of hydrogen-bond donors (Lipinski definition) is 1. The van der Waals surface area contributed by atoms with Gasteiger partial charge in [0.15, 0.2) is 11.6 Å². The van der Waals surface area contributed by atoms with Crippen molar-refractivity contribution in [1.82, 2.24) is 4.90 Å². The minimum Gasteiger partial charge on any atom is -0.338 e. The van der Waals surface area contributed by atoms with Gasteiger partial charge in [-0.3, -0.25) is 4.79 Å². The maximum atomic E-state index is 13.2. The molecule has 3 nitrogen and oxygen atoms in total. The Morgan fingerprint density at radius 3 is 2.65 bits per heavy atom. The highest BCUT2D eigenvalue weighted by atomic mass is 19.2. The quantitative estimate of drug-likeness (QED) is 0.922. The van der Waals surface area contributed by atoms with Gasteiger partial charge in [0.25, 0.3) is 0 Å². The zero-order valence-electron chi connectivity index (χ0n) is 11.6. The van der Waals surface area contributed by atoms with Crippen LogP contribution in [0.15, 0.2) is 18.2 Å². The second-order valence-electron chi connectivity index (χ2n) is 5.37. The van der Waals surface area contributed by atoms with Gasteiger partial charge in [0, 0.05) is 25.0 Å². The van der Waals surface area contributed by atoms with Gasteiger partial charge >= 0.3 is 0 Å². The summed E-state index contributed by atoms with van der Waals surface area (Å²) < 4.78 is 26.1. The Labute approximate surface area is 117 Å². The fraction of sp³-hybridized carbons (Fsp3) is 0.533. The molecule has 1 aromatic carbocycles. The molecule has 5 heteroatoms. The first-order valence-corrected chi connectivity index (χ1v) is 6.99. The largest absolute Gasteiger partial charge is 0.338 e. The van der Waals surface area contributed by atoms with E-state index >= 15 is 0 Å². The van der Waals surface area contributed by atoms with Crippen LogP contribution in [-0.2, 0) is 11.3 Å². The van der Waals surface area contributed by atoms with Crippen molar-refractivity contribution in [2.24, 2.45) is 11.7 Å². The van der Waals surface area contributed by atoms with Gasteiger partial charge in [-0.15, -0.1) is 0 Å². The molecule has 20 heavy (non-hydrogen) atoms. The third-order valence-electron chi connectivity index (χ3n) is 3.87. The molecule has 2 N–H and O–H groups in total. The predicted octanol–water partition coefficient (Wildman–Crippen LogP) is 2.44. The minimum atomic E-state index is -0.881. The SMILES string of the molecule is CCN(Cc1ccc(F)c(F)c1)C(=O)C1CCC(N)C1. The highest BCUT2D eigenvalue weighted by molar-refractivity contribution is 5.79. The van der Waals surface area contributed by atoms with Gasteiger partial charge < -0.3 is 10.6 Å².